The number of nitrogens with zero attached hydrogens (tertiary/aromatic N) is 5. The normalized spacial score (nSPS) is 19.5. The average molecular weight is 422 g/mol. The third kappa shape index (κ3) is 3.24. The Balaban J connectivity index is 1.61. The monoisotopic (exact) mass is 421 g/mol. The van der Waals surface area contributed by atoms with E-state index in [0.717, 1.165) is 46.8 Å². The van der Waals surface area contributed by atoms with Crippen molar-refractivity contribution < 1.29 is 0 Å². The van der Waals surface area contributed by atoms with Gasteiger partial charge in [0.05, 0.1) is 16.9 Å². The topological polar surface area (TPSA) is 70.4 Å². The molecule has 1 aromatic carbocycles. The molecule has 1 fully saturated rings. The molecule has 0 unspecified atom stereocenters. The summed E-state index contributed by atoms with van der Waals surface area (Å²) >= 11 is 6.42. The van der Waals surface area contributed by atoms with E-state index in [4.69, 9.17) is 21.6 Å². The van der Waals surface area contributed by atoms with E-state index >= 15 is 0 Å². The highest BCUT2D eigenvalue weighted by Gasteiger charge is 2.24. The molecular weight excluding hydrogens is 398 g/mol. The molecule has 30 heavy (non-hydrogen) atoms. The molecule has 0 bridgehead atoms. The number of hydrogen-bond acceptors (Lipinski definition) is 6. The number of imidazole rings is 1. The second kappa shape index (κ2) is 7.41. The van der Waals surface area contributed by atoms with Crippen LogP contribution in [0.4, 0.5) is 17.3 Å². The Morgan fingerprint density at radius 2 is 2.03 bits per heavy atom. The molecule has 4 heterocycles. The van der Waals surface area contributed by atoms with E-state index in [1.54, 1.807) is 12.5 Å². The summed E-state index contributed by atoms with van der Waals surface area (Å²) in [6.07, 6.45) is 3.58. The molecule has 1 aliphatic rings. The highest BCUT2D eigenvalue weighted by molar-refractivity contribution is 6.33. The lowest BCUT2D eigenvalue weighted by Gasteiger charge is -2.38. The smallest absolute Gasteiger partial charge is 0.166 e. The first-order valence-electron chi connectivity index (χ1n) is 10.2. The molecule has 154 valence electrons. The van der Waals surface area contributed by atoms with Crippen molar-refractivity contribution in [3.63, 3.8) is 0 Å². The third-order valence-electron chi connectivity index (χ3n) is 5.71. The predicted molar refractivity (Wildman–Crippen MR) is 122 cm³/mol. The lowest BCUT2D eigenvalue weighted by Crippen LogP contribution is -2.54. The van der Waals surface area contributed by atoms with Crippen LogP contribution in [0.5, 0.6) is 0 Å². The van der Waals surface area contributed by atoms with E-state index in [2.05, 4.69) is 40.4 Å². The summed E-state index contributed by atoms with van der Waals surface area (Å²) in [6.45, 7) is 8.30. The molecule has 0 saturated carbocycles. The number of aryl methyl sites for hydroxylation is 1. The Bertz CT molecular complexity index is 1210. The first-order valence-corrected chi connectivity index (χ1v) is 10.5. The van der Waals surface area contributed by atoms with Gasteiger partial charge in [0.15, 0.2) is 11.5 Å². The predicted octanol–water partition coefficient (Wildman–Crippen LogP) is 4.17. The molecular formula is C22H24ClN7. The number of halogens is 1. The molecule has 7 nitrogen and oxygen atoms in total. The van der Waals surface area contributed by atoms with Crippen molar-refractivity contribution in [3.05, 3.63) is 53.4 Å². The summed E-state index contributed by atoms with van der Waals surface area (Å²) < 4.78 is 1.98. The molecule has 0 amide bonds. The van der Waals surface area contributed by atoms with Crippen LogP contribution < -0.4 is 15.5 Å². The fourth-order valence-corrected chi connectivity index (χ4v) is 4.28. The maximum Gasteiger partial charge on any atom is 0.166 e. The minimum absolute atomic E-state index is 0.376. The fourth-order valence-electron chi connectivity index (χ4n) is 4.01. The van der Waals surface area contributed by atoms with Crippen LogP contribution in [0.15, 0.2) is 42.9 Å². The molecule has 1 saturated heterocycles. The van der Waals surface area contributed by atoms with Crippen molar-refractivity contribution >= 4 is 45.6 Å². The van der Waals surface area contributed by atoms with E-state index in [1.807, 2.05) is 35.6 Å². The van der Waals surface area contributed by atoms with E-state index in [9.17, 15) is 0 Å². The molecule has 3 aromatic heterocycles. The second-order valence-corrected chi connectivity index (χ2v) is 8.40. The lowest BCUT2D eigenvalue weighted by atomic mass is 10.1. The Kier molecular flexibility index (Phi) is 4.72. The molecule has 0 aliphatic carbocycles. The minimum Gasteiger partial charge on any atom is -0.351 e. The molecule has 8 heteroatoms. The Labute approximate surface area is 180 Å². The largest absolute Gasteiger partial charge is 0.351 e. The van der Waals surface area contributed by atoms with Crippen LogP contribution in [0.3, 0.4) is 0 Å². The summed E-state index contributed by atoms with van der Waals surface area (Å²) in [5.74, 6) is 1.66. The van der Waals surface area contributed by atoms with Crippen molar-refractivity contribution in [1.29, 1.82) is 0 Å². The van der Waals surface area contributed by atoms with Crippen LogP contribution in [-0.4, -0.2) is 44.5 Å². The van der Waals surface area contributed by atoms with Crippen molar-refractivity contribution in [1.82, 2.24) is 24.7 Å². The van der Waals surface area contributed by atoms with Gasteiger partial charge >= 0.3 is 0 Å². The first kappa shape index (κ1) is 19.1. The second-order valence-electron chi connectivity index (χ2n) is 7.99. The van der Waals surface area contributed by atoms with Crippen LogP contribution in [0.1, 0.15) is 19.4 Å². The van der Waals surface area contributed by atoms with Crippen molar-refractivity contribution in [2.45, 2.75) is 32.9 Å². The molecule has 2 N–H and O–H groups in total. The minimum atomic E-state index is 0.376. The van der Waals surface area contributed by atoms with Crippen LogP contribution in [0, 0.1) is 6.92 Å². The first-order chi connectivity index (χ1) is 14.5. The summed E-state index contributed by atoms with van der Waals surface area (Å²) in [5.41, 5.74) is 4.35. The lowest BCUT2D eigenvalue weighted by molar-refractivity contribution is 0.423. The van der Waals surface area contributed by atoms with Crippen molar-refractivity contribution in [3.8, 4) is 0 Å². The van der Waals surface area contributed by atoms with E-state index < -0.39 is 0 Å². The SMILES string of the molecule is Cc1cccc(Cl)c1Nc1nc2ccc(N3C[C@H](C)NC[C@H]3C)nc2n2cncc12. The van der Waals surface area contributed by atoms with E-state index in [1.165, 1.54) is 0 Å². The summed E-state index contributed by atoms with van der Waals surface area (Å²) in [6, 6.07) is 10.7. The Hall–Kier alpha value is -2.90. The van der Waals surface area contributed by atoms with E-state index in [-0.39, 0.29) is 0 Å². The summed E-state index contributed by atoms with van der Waals surface area (Å²) in [4.78, 5) is 16.5. The van der Waals surface area contributed by atoms with Gasteiger partial charge in [-0.3, -0.25) is 4.40 Å². The quantitative estimate of drug-likeness (QED) is 0.517. The molecule has 1 aliphatic heterocycles. The van der Waals surface area contributed by atoms with Gasteiger partial charge in [0, 0.05) is 25.2 Å². The number of para-hydroxylation sites is 1. The zero-order valence-electron chi connectivity index (χ0n) is 17.2. The number of nitrogens with one attached hydrogen (secondary N) is 2. The zero-order valence-corrected chi connectivity index (χ0v) is 18.0. The number of rotatable bonds is 3. The highest BCUT2D eigenvalue weighted by atomic mass is 35.5. The van der Waals surface area contributed by atoms with Gasteiger partial charge < -0.3 is 15.5 Å². The van der Waals surface area contributed by atoms with Gasteiger partial charge in [0.1, 0.15) is 23.2 Å². The van der Waals surface area contributed by atoms with Crippen LogP contribution in [-0.2, 0) is 0 Å². The summed E-state index contributed by atoms with van der Waals surface area (Å²) in [5, 5.41) is 7.58. The van der Waals surface area contributed by atoms with Gasteiger partial charge in [-0.15, -0.1) is 0 Å². The molecule has 4 aromatic rings. The number of piperazine rings is 1. The Morgan fingerprint density at radius 3 is 2.87 bits per heavy atom. The highest BCUT2D eigenvalue weighted by Crippen LogP contribution is 2.31. The molecule has 0 spiro atoms. The maximum absolute atomic E-state index is 6.42. The molecule has 2 atom stereocenters. The van der Waals surface area contributed by atoms with Gasteiger partial charge in [0.2, 0.25) is 0 Å². The number of pyridine rings is 1. The van der Waals surface area contributed by atoms with E-state index in [0.29, 0.717) is 22.9 Å². The molecule has 0 radical (unpaired) electrons. The average Bonchev–Trinajstić information content (AvgIpc) is 3.23. The number of fused-ring (bicyclic) bond motifs is 3. The Morgan fingerprint density at radius 1 is 1.17 bits per heavy atom. The number of benzene rings is 1. The van der Waals surface area contributed by atoms with Crippen LogP contribution in [0.25, 0.3) is 16.7 Å². The van der Waals surface area contributed by atoms with Crippen molar-refractivity contribution in [2.24, 2.45) is 0 Å². The fraction of sp³-hybridized carbons (Fsp3) is 0.318. The maximum atomic E-state index is 6.42. The third-order valence-corrected chi connectivity index (χ3v) is 6.02. The van der Waals surface area contributed by atoms with Gasteiger partial charge in [-0.25, -0.2) is 15.0 Å². The van der Waals surface area contributed by atoms with Gasteiger partial charge in [-0.2, -0.15) is 0 Å². The number of aromatic nitrogens is 4. The number of anilines is 3. The molecule has 5 rings (SSSR count). The van der Waals surface area contributed by atoms with Crippen LogP contribution in [0.2, 0.25) is 5.02 Å². The van der Waals surface area contributed by atoms with Gasteiger partial charge in [0.25, 0.3) is 0 Å². The number of hydrogen-bond donors (Lipinski definition) is 2. The van der Waals surface area contributed by atoms with Gasteiger partial charge in [-0.05, 0) is 44.5 Å². The standard InChI is InChI=1S/C22H24ClN7/c1-13-5-4-6-16(23)20(13)28-21-18-10-24-12-30(18)22-17(26-21)7-8-19(27-22)29-11-14(2)25-9-15(29)3/h4-8,10,12,14-15,25H,9,11H2,1-3H3,(H,26,28)/t14-,15+/m0/s1. The van der Waals surface area contributed by atoms with Crippen LogP contribution >= 0.6 is 11.6 Å². The zero-order chi connectivity index (χ0) is 20.8. The van der Waals surface area contributed by atoms with Gasteiger partial charge in [-0.1, -0.05) is 23.7 Å². The summed E-state index contributed by atoms with van der Waals surface area (Å²) in [7, 11) is 0. The van der Waals surface area contributed by atoms with Crippen molar-refractivity contribution in [2.75, 3.05) is 23.3 Å².